The highest BCUT2D eigenvalue weighted by Crippen LogP contribution is 2.18. The van der Waals surface area contributed by atoms with Crippen molar-refractivity contribution in [1.29, 1.82) is 0 Å². The highest BCUT2D eigenvalue weighted by atomic mass is 32.1. The number of thiophene rings is 1. The molecule has 0 amide bonds. The monoisotopic (exact) mass is 200 g/mol. The molecule has 0 saturated heterocycles. The van der Waals surface area contributed by atoms with Gasteiger partial charge in [0.2, 0.25) is 0 Å². The van der Waals surface area contributed by atoms with Gasteiger partial charge in [0.15, 0.2) is 0 Å². The van der Waals surface area contributed by atoms with Crippen molar-refractivity contribution in [1.82, 2.24) is 9.97 Å². The molecule has 0 radical (unpaired) electrons. The van der Waals surface area contributed by atoms with Crippen LogP contribution in [0.15, 0.2) is 15.0 Å². The minimum absolute atomic E-state index is 0. The number of fused-ring (bicyclic) bond motifs is 1. The SMILES string of the molecule is Cc1csc2[nH]c(=O)c(=O)[nH]c12.O. The van der Waals surface area contributed by atoms with E-state index in [0.29, 0.717) is 0 Å². The molecule has 0 aliphatic heterocycles. The first-order valence-corrected chi connectivity index (χ1v) is 4.27. The first-order valence-electron chi connectivity index (χ1n) is 3.39. The van der Waals surface area contributed by atoms with Gasteiger partial charge in [-0.25, -0.2) is 0 Å². The number of H-pyrrole nitrogens is 2. The zero-order valence-corrected chi connectivity index (χ0v) is 7.62. The molecular formula is C7H8N2O3S. The van der Waals surface area contributed by atoms with Crippen LogP contribution in [0.2, 0.25) is 0 Å². The van der Waals surface area contributed by atoms with Gasteiger partial charge in [0.25, 0.3) is 0 Å². The van der Waals surface area contributed by atoms with E-state index in [0.717, 1.165) is 15.9 Å². The fourth-order valence-corrected chi connectivity index (χ4v) is 1.92. The van der Waals surface area contributed by atoms with Gasteiger partial charge in [-0.2, -0.15) is 0 Å². The molecule has 13 heavy (non-hydrogen) atoms. The van der Waals surface area contributed by atoms with E-state index in [1.54, 1.807) is 0 Å². The van der Waals surface area contributed by atoms with E-state index in [4.69, 9.17) is 0 Å². The lowest BCUT2D eigenvalue weighted by Gasteiger charge is -1.88. The summed E-state index contributed by atoms with van der Waals surface area (Å²) in [5, 5.41) is 1.89. The first kappa shape index (κ1) is 9.69. The second-order valence-corrected chi connectivity index (χ2v) is 3.41. The van der Waals surface area contributed by atoms with Crippen LogP contribution < -0.4 is 11.1 Å². The van der Waals surface area contributed by atoms with Crippen LogP contribution >= 0.6 is 11.3 Å². The highest BCUT2D eigenvalue weighted by molar-refractivity contribution is 7.16. The second kappa shape index (κ2) is 3.15. The maximum absolute atomic E-state index is 10.9. The molecule has 2 heterocycles. The van der Waals surface area contributed by atoms with Crippen LogP contribution in [0, 0.1) is 6.92 Å². The quantitative estimate of drug-likeness (QED) is 0.574. The molecule has 0 saturated carbocycles. The summed E-state index contributed by atoms with van der Waals surface area (Å²) in [6.45, 7) is 1.88. The van der Waals surface area contributed by atoms with Gasteiger partial charge in [0, 0.05) is 0 Å². The van der Waals surface area contributed by atoms with Gasteiger partial charge >= 0.3 is 11.1 Å². The Kier molecular flexibility index (Phi) is 2.35. The molecule has 0 aliphatic carbocycles. The van der Waals surface area contributed by atoms with Crippen molar-refractivity contribution in [2.24, 2.45) is 0 Å². The number of rotatable bonds is 0. The molecule has 4 N–H and O–H groups in total. The predicted octanol–water partition coefficient (Wildman–Crippen LogP) is -0.238. The Bertz CT molecular complexity index is 536. The topological polar surface area (TPSA) is 97.2 Å². The van der Waals surface area contributed by atoms with E-state index in [-0.39, 0.29) is 5.48 Å². The molecule has 6 heteroatoms. The van der Waals surface area contributed by atoms with Crippen LogP contribution in [-0.4, -0.2) is 15.4 Å². The molecule has 0 aliphatic rings. The number of aryl methyl sites for hydroxylation is 1. The lowest BCUT2D eigenvalue weighted by molar-refractivity contribution is 0.824. The van der Waals surface area contributed by atoms with E-state index >= 15 is 0 Å². The lowest BCUT2D eigenvalue weighted by atomic mass is 10.3. The van der Waals surface area contributed by atoms with Crippen LogP contribution in [-0.2, 0) is 0 Å². The molecular weight excluding hydrogens is 192 g/mol. The zero-order chi connectivity index (χ0) is 8.72. The van der Waals surface area contributed by atoms with E-state index < -0.39 is 11.1 Å². The van der Waals surface area contributed by atoms with Gasteiger partial charge in [0.05, 0.1) is 5.52 Å². The van der Waals surface area contributed by atoms with Crippen molar-refractivity contribution in [3.05, 3.63) is 31.7 Å². The maximum Gasteiger partial charge on any atom is 0.314 e. The molecule has 0 spiro atoms. The molecule has 0 bridgehead atoms. The van der Waals surface area contributed by atoms with Crippen molar-refractivity contribution >= 4 is 21.7 Å². The molecule has 2 rings (SSSR count). The van der Waals surface area contributed by atoms with Gasteiger partial charge in [-0.3, -0.25) is 9.59 Å². The molecule has 0 unspecified atom stereocenters. The number of nitrogens with one attached hydrogen (secondary N) is 2. The smallest absolute Gasteiger partial charge is 0.314 e. The van der Waals surface area contributed by atoms with Crippen molar-refractivity contribution in [2.45, 2.75) is 6.92 Å². The Hall–Kier alpha value is -1.40. The third kappa shape index (κ3) is 1.41. The minimum Gasteiger partial charge on any atom is -0.412 e. The fraction of sp³-hybridized carbons (Fsp3) is 0.143. The Morgan fingerprint density at radius 1 is 1.23 bits per heavy atom. The number of aromatic amines is 2. The minimum atomic E-state index is -0.594. The Morgan fingerprint density at radius 2 is 1.85 bits per heavy atom. The Morgan fingerprint density at radius 3 is 2.54 bits per heavy atom. The highest BCUT2D eigenvalue weighted by Gasteiger charge is 2.02. The van der Waals surface area contributed by atoms with E-state index in [2.05, 4.69) is 9.97 Å². The summed E-state index contributed by atoms with van der Waals surface area (Å²) in [6, 6.07) is 0. The predicted molar refractivity (Wildman–Crippen MR) is 51.4 cm³/mol. The molecule has 0 aromatic carbocycles. The molecule has 2 aromatic heterocycles. The summed E-state index contributed by atoms with van der Waals surface area (Å²) in [4.78, 5) is 27.5. The zero-order valence-electron chi connectivity index (χ0n) is 6.80. The summed E-state index contributed by atoms with van der Waals surface area (Å²) < 4.78 is 0. The summed E-state index contributed by atoms with van der Waals surface area (Å²) in [5.74, 6) is 0. The third-order valence-corrected chi connectivity index (χ3v) is 2.66. The van der Waals surface area contributed by atoms with E-state index in [1.165, 1.54) is 11.3 Å². The lowest BCUT2D eigenvalue weighted by Crippen LogP contribution is -2.28. The summed E-state index contributed by atoms with van der Waals surface area (Å²) in [7, 11) is 0. The summed E-state index contributed by atoms with van der Waals surface area (Å²) in [5.41, 5.74) is 0.515. The molecule has 0 atom stereocenters. The normalized spacial score (nSPS) is 9.92. The van der Waals surface area contributed by atoms with Crippen LogP contribution in [0.1, 0.15) is 5.56 Å². The molecule has 0 fully saturated rings. The average molecular weight is 200 g/mol. The Balaban J connectivity index is 0.000000845. The first-order chi connectivity index (χ1) is 5.68. The van der Waals surface area contributed by atoms with Crippen LogP contribution in [0.4, 0.5) is 0 Å². The third-order valence-electron chi connectivity index (χ3n) is 1.65. The standard InChI is InChI=1S/C7H6N2O2S.H2O/c1-3-2-12-7-4(3)8-5(10)6(11)9-7;/h2H,1H3,(H,8,10)(H,9,11);1H2. The van der Waals surface area contributed by atoms with Crippen LogP contribution in [0.5, 0.6) is 0 Å². The van der Waals surface area contributed by atoms with Gasteiger partial charge in [-0.1, -0.05) is 0 Å². The number of hydrogen-bond acceptors (Lipinski definition) is 3. The van der Waals surface area contributed by atoms with Gasteiger partial charge in [0.1, 0.15) is 4.83 Å². The average Bonchev–Trinajstić information content (AvgIpc) is 2.35. The van der Waals surface area contributed by atoms with Gasteiger partial charge in [-0.15, -0.1) is 11.3 Å². The maximum atomic E-state index is 10.9. The van der Waals surface area contributed by atoms with E-state index in [1.807, 2.05) is 12.3 Å². The van der Waals surface area contributed by atoms with Crippen molar-refractivity contribution in [2.75, 3.05) is 0 Å². The fourth-order valence-electron chi connectivity index (χ4n) is 1.02. The molecule has 2 aromatic rings. The summed E-state index contributed by atoms with van der Waals surface area (Å²) in [6.07, 6.45) is 0. The van der Waals surface area contributed by atoms with Crippen molar-refractivity contribution in [3.8, 4) is 0 Å². The largest absolute Gasteiger partial charge is 0.412 e. The van der Waals surface area contributed by atoms with Gasteiger partial charge < -0.3 is 15.4 Å². The van der Waals surface area contributed by atoms with Crippen LogP contribution in [0.25, 0.3) is 10.3 Å². The van der Waals surface area contributed by atoms with Crippen LogP contribution in [0.3, 0.4) is 0 Å². The van der Waals surface area contributed by atoms with Gasteiger partial charge in [-0.05, 0) is 17.9 Å². The summed E-state index contributed by atoms with van der Waals surface area (Å²) >= 11 is 1.41. The van der Waals surface area contributed by atoms with E-state index in [9.17, 15) is 9.59 Å². The Labute approximate surface area is 76.4 Å². The molecule has 70 valence electrons. The molecule has 5 nitrogen and oxygen atoms in total. The van der Waals surface area contributed by atoms with Crippen molar-refractivity contribution < 1.29 is 5.48 Å². The number of hydrogen-bond donors (Lipinski definition) is 2. The van der Waals surface area contributed by atoms with Crippen molar-refractivity contribution in [3.63, 3.8) is 0 Å². The number of aromatic nitrogens is 2. The second-order valence-electron chi connectivity index (χ2n) is 2.53.